The van der Waals surface area contributed by atoms with Crippen LogP contribution in [0.2, 0.25) is 0 Å². The van der Waals surface area contributed by atoms with E-state index in [-0.39, 0.29) is 17.1 Å². The Bertz CT molecular complexity index is 1030. The molecule has 0 saturated carbocycles. The first-order valence-corrected chi connectivity index (χ1v) is 11.1. The number of amides is 1. The van der Waals surface area contributed by atoms with Crippen LogP contribution in [0.25, 0.3) is 0 Å². The summed E-state index contributed by atoms with van der Waals surface area (Å²) >= 11 is 0. The van der Waals surface area contributed by atoms with E-state index in [1.54, 1.807) is 11.0 Å². The van der Waals surface area contributed by atoms with Crippen molar-refractivity contribution in [3.05, 3.63) is 76.2 Å². The standard InChI is InChI=1S/C23H27NO3S/c1-16-6-11-20(14-17(16)2)24(21-12-13-28(26,27)15-21)22(25)18-7-9-19(10-8-18)23(3,4)5/h6-14,21H,15H2,1-5H3/t21-/m1/s1. The second-order valence-corrected chi connectivity index (χ2v) is 10.4. The molecule has 2 aromatic carbocycles. The van der Waals surface area contributed by atoms with Gasteiger partial charge in [-0.1, -0.05) is 39.0 Å². The second-order valence-electron chi connectivity index (χ2n) is 8.50. The van der Waals surface area contributed by atoms with E-state index in [0.29, 0.717) is 11.3 Å². The van der Waals surface area contributed by atoms with Gasteiger partial charge in [0.05, 0.1) is 11.8 Å². The number of carbonyl (C=O) groups is 1. The maximum atomic E-state index is 13.4. The summed E-state index contributed by atoms with van der Waals surface area (Å²) in [5.74, 6) is -0.290. The lowest BCUT2D eigenvalue weighted by atomic mass is 9.86. The van der Waals surface area contributed by atoms with Gasteiger partial charge in [-0.15, -0.1) is 0 Å². The molecule has 1 heterocycles. The molecule has 28 heavy (non-hydrogen) atoms. The summed E-state index contributed by atoms with van der Waals surface area (Å²) in [6, 6.07) is 12.8. The minimum atomic E-state index is -3.28. The first-order chi connectivity index (χ1) is 13.0. The zero-order valence-corrected chi connectivity index (χ0v) is 17.9. The van der Waals surface area contributed by atoms with E-state index in [0.717, 1.165) is 16.7 Å². The Hall–Kier alpha value is -2.40. The predicted octanol–water partition coefficient (Wildman–Crippen LogP) is 4.56. The molecule has 0 spiro atoms. The van der Waals surface area contributed by atoms with Crippen LogP contribution in [0.3, 0.4) is 0 Å². The van der Waals surface area contributed by atoms with E-state index < -0.39 is 15.9 Å². The smallest absolute Gasteiger partial charge is 0.258 e. The molecule has 1 aliphatic heterocycles. The zero-order chi connectivity index (χ0) is 20.7. The van der Waals surface area contributed by atoms with Crippen LogP contribution >= 0.6 is 0 Å². The maximum Gasteiger partial charge on any atom is 0.258 e. The summed E-state index contributed by atoms with van der Waals surface area (Å²) in [4.78, 5) is 15.0. The summed E-state index contributed by atoms with van der Waals surface area (Å²) in [7, 11) is -3.28. The van der Waals surface area contributed by atoms with Crippen molar-refractivity contribution < 1.29 is 13.2 Å². The monoisotopic (exact) mass is 397 g/mol. The third-order valence-electron chi connectivity index (χ3n) is 5.23. The van der Waals surface area contributed by atoms with E-state index in [1.807, 2.05) is 56.3 Å². The van der Waals surface area contributed by atoms with Crippen LogP contribution in [0.15, 0.2) is 53.9 Å². The Kier molecular flexibility index (Phi) is 5.24. The molecule has 3 rings (SSSR count). The van der Waals surface area contributed by atoms with Gasteiger partial charge in [0.15, 0.2) is 9.84 Å². The van der Waals surface area contributed by atoms with Gasteiger partial charge >= 0.3 is 0 Å². The molecule has 1 aliphatic rings. The number of nitrogens with zero attached hydrogens (tertiary/aromatic N) is 1. The molecule has 2 aromatic rings. The van der Waals surface area contributed by atoms with Gasteiger partial charge in [-0.3, -0.25) is 4.79 Å². The molecule has 0 saturated heterocycles. The molecule has 4 nitrogen and oxygen atoms in total. The van der Waals surface area contributed by atoms with Gasteiger partial charge in [0.2, 0.25) is 0 Å². The quantitative estimate of drug-likeness (QED) is 0.763. The fourth-order valence-electron chi connectivity index (χ4n) is 3.31. The average Bonchev–Trinajstić information content (AvgIpc) is 2.97. The first-order valence-electron chi connectivity index (χ1n) is 9.40. The number of aryl methyl sites for hydroxylation is 2. The predicted molar refractivity (Wildman–Crippen MR) is 115 cm³/mol. The molecular formula is C23H27NO3S. The molecule has 5 heteroatoms. The van der Waals surface area contributed by atoms with Crippen LogP contribution in [0.1, 0.15) is 47.8 Å². The highest BCUT2D eigenvalue weighted by Gasteiger charge is 2.32. The van der Waals surface area contributed by atoms with E-state index >= 15 is 0 Å². The van der Waals surface area contributed by atoms with Crippen molar-refractivity contribution in [2.45, 2.75) is 46.1 Å². The van der Waals surface area contributed by atoms with Gasteiger partial charge < -0.3 is 4.90 Å². The second kappa shape index (κ2) is 7.21. The highest BCUT2D eigenvalue weighted by Crippen LogP contribution is 2.28. The molecule has 0 unspecified atom stereocenters. The molecule has 0 N–H and O–H groups in total. The Morgan fingerprint density at radius 3 is 2.14 bits per heavy atom. The topological polar surface area (TPSA) is 54.5 Å². The number of anilines is 1. The summed E-state index contributed by atoms with van der Waals surface area (Å²) < 4.78 is 24.0. The first kappa shape index (κ1) is 20.3. The van der Waals surface area contributed by atoms with Crippen molar-refractivity contribution in [2.75, 3.05) is 10.7 Å². The third-order valence-corrected chi connectivity index (χ3v) is 6.61. The SMILES string of the molecule is Cc1ccc(N(C(=O)c2ccc(C(C)(C)C)cc2)[C@@H]2C=CS(=O)(=O)C2)cc1C. The van der Waals surface area contributed by atoms with Crippen molar-refractivity contribution in [2.24, 2.45) is 0 Å². The van der Waals surface area contributed by atoms with Gasteiger partial charge in [0, 0.05) is 16.7 Å². The normalized spacial score (nSPS) is 18.2. The lowest BCUT2D eigenvalue weighted by molar-refractivity contribution is 0.0983. The molecule has 0 bridgehead atoms. The summed E-state index contributed by atoms with van der Waals surface area (Å²) in [6.45, 7) is 10.4. The van der Waals surface area contributed by atoms with Gasteiger partial charge in [-0.05, 0) is 66.3 Å². The maximum absolute atomic E-state index is 13.4. The lowest BCUT2D eigenvalue weighted by Crippen LogP contribution is -2.41. The fourth-order valence-corrected chi connectivity index (χ4v) is 4.57. The molecular weight excluding hydrogens is 370 g/mol. The van der Waals surface area contributed by atoms with Gasteiger partial charge in [-0.25, -0.2) is 8.42 Å². The Labute approximate surface area is 167 Å². The number of benzene rings is 2. The highest BCUT2D eigenvalue weighted by molar-refractivity contribution is 7.94. The van der Waals surface area contributed by atoms with Crippen LogP contribution in [0.4, 0.5) is 5.69 Å². The lowest BCUT2D eigenvalue weighted by Gasteiger charge is -2.29. The summed E-state index contributed by atoms with van der Waals surface area (Å²) in [5, 5.41) is 1.21. The number of rotatable bonds is 3. The van der Waals surface area contributed by atoms with Crippen molar-refractivity contribution in [3.63, 3.8) is 0 Å². The molecule has 0 aromatic heterocycles. The van der Waals surface area contributed by atoms with Gasteiger partial charge in [0.25, 0.3) is 5.91 Å². The third kappa shape index (κ3) is 4.20. The summed E-state index contributed by atoms with van der Waals surface area (Å²) in [5.41, 5.74) is 4.58. The number of carbonyl (C=O) groups excluding carboxylic acids is 1. The Balaban J connectivity index is 2.02. The van der Waals surface area contributed by atoms with Crippen molar-refractivity contribution >= 4 is 21.4 Å². The zero-order valence-electron chi connectivity index (χ0n) is 17.1. The van der Waals surface area contributed by atoms with Crippen LogP contribution < -0.4 is 4.90 Å². The molecule has 0 fully saturated rings. The van der Waals surface area contributed by atoms with E-state index in [1.165, 1.54) is 5.41 Å². The number of sulfone groups is 1. The van der Waals surface area contributed by atoms with Crippen LogP contribution in [0, 0.1) is 13.8 Å². The molecule has 0 aliphatic carbocycles. The molecule has 1 atom stereocenters. The molecule has 0 radical (unpaired) electrons. The highest BCUT2D eigenvalue weighted by atomic mass is 32.2. The summed E-state index contributed by atoms with van der Waals surface area (Å²) in [6.07, 6.45) is 1.60. The minimum Gasteiger partial charge on any atom is -0.300 e. The van der Waals surface area contributed by atoms with Crippen molar-refractivity contribution in [3.8, 4) is 0 Å². The van der Waals surface area contributed by atoms with E-state index in [9.17, 15) is 13.2 Å². The molecule has 148 valence electrons. The molecule has 1 amide bonds. The van der Waals surface area contributed by atoms with Gasteiger partial charge in [0.1, 0.15) is 0 Å². The van der Waals surface area contributed by atoms with Crippen molar-refractivity contribution in [1.82, 2.24) is 0 Å². The van der Waals surface area contributed by atoms with Gasteiger partial charge in [-0.2, -0.15) is 0 Å². The largest absolute Gasteiger partial charge is 0.300 e. The van der Waals surface area contributed by atoms with Crippen LogP contribution in [-0.2, 0) is 15.3 Å². The fraction of sp³-hybridized carbons (Fsp3) is 0.348. The van der Waals surface area contributed by atoms with Crippen molar-refractivity contribution in [1.29, 1.82) is 0 Å². The minimum absolute atomic E-state index is 0.00238. The van der Waals surface area contributed by atoms with Crippen LogP contribution in [-0.4, -0.2) is 26.1 Å². The Morgan fingerprint density at radius 2 is 1.64 bits per heavy atom. The number of hydrogen-bond donors (Lipinski definition) is 0. The van der Waals surface area contributed by atoms with Crippen LogP contribution in [0.5, 0.6) is 0 Å². The number of hydrogen-bond acceptors (Lipinski definition) is 3. The van der Waals surface area contributed by atoms with E-state index in [2.05, 4.69) is 20.8 Å². The van der Waals surface area contributed by atoms with E-state index in [4.69, 9.17) is 0 Å². The Morgan fingerprint density at radius 1 is 1.00 bits per heavy atom. The average molecular weight is 398 g/mol.